The molecule has 1 rings (SSSR count). The average Bonchev–Trinajstić information content (AvgIpc) is 2.43. The first-order chi connectivity index (χ1) is 9.39. The number of carbonyl (C=O) groups is 3. The lowest BCUT2D eigenvalue weighted by Crippen LogP contribution is -2.52. The van der Waals surface area contributed by atoms with Gasteiger partial charge in [0.25, 0.3) is 0 Å². The number of nitrogens with one attached hydrogen (secondary N) is 2. The molecule has 0 aromatic rings. The summed E-state index contributed by atoms with van der Waals surface area (Å²) < 4.78 is 4.47. The van der Waals surface area contributed by atoms with Crippen LogP contribution in [0.3, 0.4) is 0 Å². The highest BCUT2D eigenvalue weighted by atomic mass is 16.5. The summed E-state index contributed by atoms with van der Waals surface area (Å²) in [5, 5.41) is 14.8. The molecule has 1 saturated heterocycles. The first kappa shape index (κ1) is 16.4. The predicted octanol–water partition coefficient (Wildman–Crippen LogP) is -0.101. The Morgan fingerprint density at radius 2 is 2.15 bits per heavy atom. The molecule has 0 aliphatic carbocycles. The van der Waals surface area contributed by atoms with Gasteiger partial charge in [0, 0.05) is 13.0 Å². The molecule has 0 aromatic carbocycles. The summed E-state index contributed by atoms with van der Waals surface area (Å²) in [6, 6.07) is -1.07. The van der Waals surface area contributed by atoms with Crippen molar-refractivity contribution in [3.05, 3.63) is 0 Å². The van der Waals surface area contributed by atoms with Gasteiger partial charge in [0.05, 0.1) is 12.5 Å². The topological polar surface area (TPSA) is 105 Å². The molecule has 0 aromatic heterocycles. The number of amides is 1. The Hall–Kier alpha value is -1.63. The van der Waals surface area contributed by atoms with Crippen LogP contribution in [-0.4, -0.2) is 49.2 Å². The summed E-state index contributed by atoms with van der Waals surface area (Å²) in [5.74, 6) is -1.92. The van der Waals surface area contributed by atoms with Crippen LogP contribution >= 0.6 is 0 Å². The summed E-state index contributed by atoms with van der Waals surface area (Å²) in [5.41, 5.74) is -0.600. The number of rotatable bonds is 6. The SMILES string of the molecule is COC(=O)CCC(NC(=O)C1(C)CCCNC1)C(=O)O. The molecule has 0 saturated carbocycles. The largest absolute Gasteiger partial charge is 0.480 e. The lowest BCUT2D eigenvalue weighted by molar-refractivity contribution is -0.145. The zero-order chi connectivity index (χ0) is 15.2. The zero-order valence-corrected chi connectivity index (χ0v) is 11.9. The number of methoxy groups -OCH3 is 1. The number of piperidine rings is 1. The highest BCUT2D eigenvalue weighted by Gasteiger charge is 2.36. The maximum absolute atomic E-state index is 12.2. The molecule has 7 nitrogen and oxygen atoms in total. The maximum atomic E-state index is 12.2. The number of carboxylic acid groups (broad SMARTS) is 1. The third-order valence-electron chi connectivity index (χ3n) is 3.61. The van der Waals surface area contributed by atoms with Crippen molar-refractivity contribution in [2.24, 2.45) is 5.41 Å². The molecule has 1 aliphatic rings. The van der Waals surface area contributed by atoms with E-state index in [4.69, 9.17) is 5.11 Å². The second-order valence-corrected chi connectivity index (χ2v) is 5.32. The molecule has 1 heterocycles. The number of carboxylic acids is 1. The first-order valence-corrected chi connectivity index (χ1v) is 6.70. The fraction of sp³-hybridized carbons (Fsp3) is 0.769. The van der Waals surface area contributed by atoms with Gasteiger partial charge in [-0.15, -0.1) is 0 Å². The molecular weight excluding hydrogens is 264 g/mol. The average molecular weight is 286 g/mol. The van der Waals surface area contributed by atoms with Crippen molar-refractivity contribution in [1.29, 1.82) is 0 Å². The van der Waals surface area contributed by atoms with Crippen molar-refractivity contribution in [1.82, 2.24) is 10.6 Å². The second kappa shape index (κ2) is 7.23. The van der Waals surface area contributed by atoms with E-state index in [1.165, 1.54) is 7.11 Å². The number of ether oxygens (including phenoxy) is 1. The second-order valence-electron chi connectivity index (χ2n) is 5.32. The van der Waals surface area contributed by atoms with Crippen LogP contribution in [0.15, 0.2) is 0 Å². The van der Waals surface area contributed by atoms with E-state index in [2.05, 4.69) is 15.4 Å². The van der Waals surface area contributed by atoms with Crippen LogP contribution in [0, 0.1) is 5.41 Å². The van der Waals surface area contributed by atoms with Crippen LogP contribution in [0.4, 0.5) is 0 Å². The molecule has 114 valence electrons. The summed E-state index contributed by atoms with van der Waals surface area (Å²) >= 11 is 0. The van der Waals surface area contributed by atoms with Gasteiger partial charge >= 0.3 is 11.9 Å². The molecule has 1 amide bonds. The van der Waals surface area contributed by atoms with Crippen molar-refractivity contribution in [3.63, 3.8) is 0 Å². The van der Waals surface area contributed by atoms with Gasteiger partial charge in [-0.3, -0.25) is 9.59 Å². The summed E-state index contributed by atoms with van der Waals surface area (Å²) in [6.07, 6.45) is 1.58. The van der Waals surface area contributed by atoms with Gasteiger partial charge in [0.15, 0.2) is 0 Å². The molecule has 1 aliphatic heterocycles. The molecule has 3 N–H and O–H groups in total. The summed E-state index contributed by atoms with van der Waals surface area (Å²) in [7, 11) is 1.24. The van der Waals surface area contributed by atoms with Gasteiger partial charge < -0.3 is 20.5 Å². The van der Waals surface area contributed by atoms with Gasteiger partial charge in [0.2, 0.25) is 5.91 Å². The lowest BCUT2D eigenvalue weighted by Gasteiger charge is -2.33. The van der Waals surface area contributed by atoms with Gasteiger partial charge in [-0.2, -0.15) is 0 Å². The van der Waals surface area contributed by atoms with Crippen LogP contribution < -0.4 is 10.6 Å². The standard InChI is InChI=1S/C13H22N2O5/c1-13(6-3-7-14-8-13)12(19)15-9(11(17)18)4-5-10(16)20-2/h9,14H,3-8H2,1-2H3,(H,15,19)(H,17,18). The van der Waals surface area contributed by atoms with E-state index >= 15 is 0 Å². The molecule has 1 fully saturated rings. The fourth-order valence-electron chi connectivity index (χ4n) is 2.20. The predicted molar refractivity (Wildman–Crippen MR) is 71.0 cm³/mol. The molecule has 0 radical (unpaired) electrons. The minimum absolute atomic E-state index is 0.0251. The van der Waals surface area contributed by atoms with E-state index in [0.29, 0.717) is 6.54 Å². The van der Waals surface area contributed by atoms with E-state index < -0.39 is 23.4 Å². The molecular formula is C13H22N2O5. The molecule has 7 heteroatoms. The van der Waals surface area contributed by atoms with Crippen molar-refractivity contribution in [3.8, 4) is 0 Å². The van der Waals surface area contributed by atoms with E-state index in [0.717, 1.165) is 19.4 Å². The van der Waals surface area contributed by atoms with Gasteiger partial charge in [-0.05, 0) is 32.7 Å². The van der Waals surface area contributed by atoms with Crippen LogP contribution in [0.2, 0.25) is 0 Å². The molecule has 2 unspecified atom stereocenters. The summed E-state index contributed by atoms with van der Waals surface area (Å²) in [6.45, 7) is 3.21. The normalized spacial score (nSPS) is 23.7. The Morgan fingerprint density at radius 1 is 1.45 bits per heavy atom. The highest BCUT2D eigenvalue weighted by Crippen LogP contribution is 2.25. The van der Waals surface area contributed by atoms with Crippen molar-refractivity contribution < 1.29 is 24.2 Å². The number of esters is 1. The van der Waals surface area contributed by atoms with Crippen molar-refractivity contribution in [2.45, 2.75) is 38.6 Å². The Balaban J connectivity index is 2.58. The fourth-order valence-corrected chi connectivity index (χ4v) is 2.20. The Morgan fingerprint density at radius 3 is 2.65 bits per heavy atom. The van der Waals surface area contributed by atoms with E-state index in [1.807, 2.05) is 6.92 Å². The Labute approximate surface area is 118 Å². The van der Waals surface area contributed by atoms with Crippen LogP contribution in [0.25, 0.3) is 0 Å². The van der Waals surface area contributed by atoms with E-state index in [9.17, 15) is 14.4 Å². The quantitative estimate of drug-likeness (QED) is 0.589. The number of hydrogen-bond acceptors (Lipinski definition) is 5. The minimum Gasteiger partial charge on any atom is -0.480 e. The smallest absolute Gasteiger partial charge is 0.326 e. The molecule has 2 atom stereocenters. The lowest BCUT2D eigenvalue weighted by atomic mass is 9.81. The third kappa shape index (κ3) is 4.48. The van der Waals surface area contributed by atoms with E-state index in [-0.39, 0.29) is 18.7 Å². The highest BCUT2D eigenvalue weighted by molar-refractivity contribution is 5.87. The van der Waals surface area contributed by atoms with Gasteiger partial charge in [-0.1, -0.05) is 0 Å². The number of hydrogen-bond donors (Lipinski definition) is 3. The molecule has 0 spiro atoms. The Kier molecular flexibility index (Phi) is 5.94. The third-order valence-corrected chi connectivity index (χ3v) is 3.61. The maximum Gasteiger partial charge on any atom is 0.326 e. The number of carbonyl (C=O) groups excluding carboxylic acids is 2. The Bertz CT molecular complexity index is 377. The van der Waals surface area contributed by atoms with Crippen LogP contribution in [0.5, 0.6) is 0 Å². The van der Waals surface area contributed by atoms with Crippen molar-refractivity contribution >= 4 is 17.8 Å². The van der Waals surface area contributed by atoms with Crippen LogP contribution in [0.1, 0.15) is 32.6 Å². The zero-order valence-electron chi connectivity index (χ0n) is 11.9. The molecule has 20 heavy (non-hydrogen) atoms. The van der Waals surface area contributed by atoms with E-state index in [1.54, 1.807) is 0 Å². The van der Waals surface area contributed by atoms with Crippen molar-refractivity contribution in [2.75, 3.05) is 20.2 Å². The number of aliphatic carboxylic acids is 1. The minimum atomic E-state index is -1.14. The molecule has 0 bridgehead atoms. The summed E-state index contributed by atoms with van der Waals surface area (Å²) in [4.78, 5) is 34.4. The van der Waals surface area contributed by atoms with Crippen LogP contribution in [-0.2, 0) is 19.1 Å². The van der Waals surface area contributed by atoms with Gasteiger partial charge in [-0.25, -0.2) is 4.79 Å². The first-order valence-electron chi connectivity index (χ1n) is 6.70. The van der Waals surface area contributed by atoms with Gasteiger partial charge in [0.1, 0.15) is 6.04 Å². The monoisotopic (exact) mass is 286 g/mol.